The standard InChI is InChI=1S/C17H26ClNO/c1-2-3-4-11-19-12-9-15(10-13-19)17(20)14-5-7-16(18)8-6-14/h5-8,15,17,20H,2-4,9-13H2,1H3. The van der Waals surface area contributed by atoms with Gasteiger partial charge in [-0.05, 0) is 62.5 Å². The van der Waals surface area contributed by atoms with Crippen molar-refractivity contribution in [3.8, 4) is 0 Å². The zero-order valence-electron chi connectivity index (χ0n) is 12.4. The van der Waals surface area contributed by atoms with E-state index in [1.54, 1.807) is 0 Å². The molecule has 1 atom stereocenters. The second-order valence-corrected chi connectivity index (χ2v) is 6.32. The fourth-order valence-corrected chi connectivity index (χ4v) is 3.14. The van der Waals surface area contributed by atoms with Crippen LogP contribution in [0.1, 0.15) is 50.7 Å². The lowest BCUT2D eigenvalue weighted by atomic mass is 9.87. The topological polar surface area (TPSA) is 23.5 Å². The summed E-state index contributed by atoms with van der Waals surface area (Å²) < 4.78 is 0. The predicted octanol–water partition coefficient (Wildman–Crippen LogP) is 4.28. The number of likely N-dealkylation sites (tertiary alicyclic amines) is 1. The highest BCUT2D eigenvalue weighted by atomic mass is 35.5. The van der Waals surface area contributed by atoms with Crippen molar-refractivity contribution in [2.45, 2.75) is 45.1 Å². The largest absolute Gasteiger partial charge is 0.388 e. The van der Waals surface area contributed by atoms with E-state index >= 15 is 0 Å². The van der Waals surface area contributed by atoms with Crippen LogP contribution in [0.5, 0.6) is 0 Å². The smallest absolute Gasteiger partial charge is 0.0819 e. The van der Waals surface area contributed by atoms with Crippen LogP contribution in [0.3, 0.4) is 0 Å². The normalized spacial score (nSPS) is 19.1. The zero-order valence-corrected chi connectivity index (χ0v) is 13.1. The van der Waals surface area contributed by atoms with Crippen LogP contribution in [0.15, 0.2) is 24.3 Å². The molecule has 1 saturated heterocycles. The Morgan fingerprint density at radius 1 is 1.20 bits per heavy atom. The van der Waals surface area contributed by atoms with Gasteiger partial charge in [-0.3, -0.25) is 0 Å². The quantitative estimate of drug-likeness (QED) is 0.792. The summed E-state index contributed by atoms with van der Waals surface area (Å²) in [7, 11) is 0. The molecule has 1 aliphatic heterocycles. The Hall–Kier alpha value is -0.570. The van der Waals surface area contributed by atoms with Crippen LogP contribution in [0.25, 0.3) is 0 Å². The monoisotopic (exact) mass is 295 g/mol. The highest BCUT2D eigenvalue weighted by Gasteiger charge is 2.25. The second kappa shape index (κ2) is 8.02. The van der Waals surface area contributed by atoms with Crippen LogP contribution in [0.4, 0.5) is 0 Å². The van der Waals surface area contributed by atoms with Crippen LogP contribution in [-0.4, -0.2) is 29.6 Å². The molecule has 3 heteroatoms. The van der Waals surface area contributed by atoms with Crippen LogP contribution >= 0.6 is 11.6 Å². The van der Waals surface area contributed by atoms with Gasteiger partial charge in [0, 0.05) is 5.02 Å². The van der Waals surface area contributed by atoms with Crippen LogP contribution < -0.4 is 0 Å². The van der Waals surface area contributed by atoms with Gasteiger partial charge in [-0.25, -0.2) is 0 Å². The molecule has 0 aliphatic carbocycles. The summed E-state index contributed by atoms with van der Waals surface area (Å²) in [6.45, 7) is 5.71. The molecule has 1 aromatic carbocycles. The van der Waals surface area contributed by atoms with E-state index in [9.17, 15) is 5.11 Å². The summed E-state index contributed by atoms with van der Waals surface area (Å²) >= 11 is 5.89. The molecule has 0 radical (unpaired) electrons. The fourth-order valence-electron chi connectivity index (χ4n) is 3.01. The number of benzene rings is 1. The van der Waals surface area contributed by atoms with Crippen molar-refractivity contribution in [2.75, 3.05) is 19.6 Å². The molecule has 0 saturated carbocycles. The van der Waals surface area contributed by atoms with E-state index in [1.165, 1.54) is 25.8 Å². The molecule has 0 aromatic heterocycles. The first kappa shape index (κ1) is 15.8. The Kier molecular flexibility index (Phi) is 6.34. The molecular weight excluding hydrogens is 270 g/mol. The first-order chi connectivity index (χ1) is 9.70. The molecule has 1 heterocycles. The molecule has 0 spiro atoms. The SMILES string of the molecule is CCCCCN1CCC(C(O)c2ccc(Cl)cc2)CC1. The second-order valence-electron chi connectivity index (χ2n) is 5.88. The number of rotatable bonds is 6. The summed E-state index contributed by atoms with van der Waals surface area (Å²) in [6.07, 6.45) is 5.76. The van der Waals surface area contributed by atoms with E-state index in [0.717, 1.165) is 36.5 Å². The maximum Gasteiger partial charge on any atom is 0.0819 e. The van der Waals surface area contributed by atoms with Crippen molar-refractivity contribution >= 4 is 11.6 Å². The Morgan fingerprint density at radius 3 is 2.45 bits per heavy atom. The van der Waals surface area contributed by atoms with Gasteiger partial charge in [0.15, 0.2) is 0 Å². The molecule has 1 unspecified atom stereocenters. The van der Waals surface area contributed by atoms with Gasteiger partial charge in [0.05, 0.1) is 6.10 Å². The number of hydrogen-bond donors (Lipinski definition) is 1. The van der Waals surface area contributed by atoms with Crippen molar-refractivity contribution in [1.29, 1.82) is 0 Å². The summed E-state index contributed by atoms with van der Waals surface area (Å²) in [6, 6.07) is 7.61. The zero-order chi connectivity index (χ0) is 14.4. The first-order valence-electron chi connectivity index (χ1n) is 7.86. The molecule has 2 nitrogen and oxygen atoms in total. The van der Waals surface area contributed by atoms with Crippen LogP contribution in [0, 0.1) is 5.92 Å². The van der Waals surface area contributed by atoms with Gasteiger partial charge in [-0.2, -0.15) is 0 Å². The fraction of sp³-hybridized carbons (Fsp3) is 0.647. The highest BCUT2D eigenvalue weighted by molar-refractivity contribution is 6.30. The van der Waals surface area contributed by atoms with Gasteiger partial charge in [0.2, 0.25) is 0 Å². The van der Waals surface area contributed by atoms with Gasteiger partial charge < -0.3 is 10.0 Å². The average Bonchev–Trinajstić information content (AvgIpc) is 2.48. The number of halogens is 1. The Morgan fingerprint density at radius 2 is 1.85 bits per heavy atom. The number of hydrogen-bond acceptors (Lipinski definition) is 2. The first-order valence-corrected chi connectivity index (χ1v) is 8.24. The third-order valence-corrected chi connectivity index (χ3v) is 4.62. The third-order valence-electron chi connectivity index (χ3n) is 4.37. The van der Waals surface area contributed by atoms with Gasteiger partial charge in [0.25, 0.3) is 0 Å². The van der Waals surface area contributed by atoms with E-state index in [1.807, 2.05) is 24.3 Å². The summed E-state index contributed by atoms with van der Waals surface area (Å²) in [5, 5.41) is 11.2. The molecule has 2 rings (SSSR count). The van der Waals surface area contributed by atoms with Crippen LogP contribution in [0.2, 0.25) is 5.02 Å². The van der Waals surface area contributed by atoms with Crippen LogP contribution in [-0.2, 0) is 0 Å². The van der Waals surface area contributed by atoms with E-state index in [4.69, 9.17) is 11.6 Å². The molecule has 1 N–H and O–H groups in total. The molecule has 20 heavy (non-hydrogen) atoms. The molecule has 1 aromatic rings. The lowest BCUT2D eigenvalue weighted by Crippen LogP contribution is -2.36. The third kappa shape index (κ3) is 4.47. The van der Waals surface area contributed by atoms with E-state index in [2.05, 4.69) is 11.8 Å². The van der Waals surface area contributed by atoms with E-state index in [0.29, 0.717) is 5.92 Å². The van der Waals surface area contributed by atoms with Gasteiger partial charge in [-0.15, -0.1) is 0 Å². The molecule has 0 amide bonds. The number of nitrogens with zero attached hydrogens (tertiary/aromatic N) is 1. The lowest BCUT2D eigenvalue weighted by molar-refractivity contribution is 0.0584. The predicted molar refractivity (Wildman–Crippen MR) is 85.1 cm³/mol. The lowest BCUT2D eigenvalue weighted by Gasteiger charge is -2.34. The van der Waals surface area contributed by atoms with Gasteiger partial charge in [-0.1, -0.05) is 43.5 Å². The maximum absolute atomic E-state index is 10.5. The van der Waals surface area contributed by atoms with E-state index < -0.39 is 0 Å². The van der Waals surface area contributed by atoms with Crippen molar-refractivity contribution in [3.63, 3.8) is 0 Å². The molecular formula is C17H26ClNO. The molecule has 0 bridgehead atoms. The minimum absolute atomic E-state index is 0.343. The van der Waals surface area contributed by atoms with Crippen molar-refractivity contribution in [3.05, 3.63) is 34.9 Å². The number of aliphatic hydroxyl groups excluding tert-OH is 1. The minimum Gasteiger partial charge on any atom is -0.388 e. The Balaban J connectivity index is 1.79. The van der Waals surface area contributed by atoms with Crippen molar-refractivity contribution in [1.82, 2.24) is 4.90 Å². The van der Waals surface area contributed by atoms with Gasteiger partial charge >= 0.3 is 0 Å². The Labute approximate surface area is 127 Å². The number of aliphatic hydroxyl groups is 1. The number of piperidine rings is 1. The minimum atomic E-state index is -0.343. The van der Waals surface area contributed by atoms with E-state index in [-0.39, 0.29) is 6.10 Å². The maximum atomic E-state index is 10.5. The average molecular weight is 296 g/mol. The molecule has 1 aliphatic rings. The molecule has 1 fully saturated rings. The molecule has 112 valence electrons. The summed E-state index contributed by atoms with van der Waals surface area (Å²) in [5.74, 6) is 0.388. The summed E-state index contributed by atoms with van der Waals surface area (Å²) in [4.78, 5) is 2.54. The number of unbranched alkanes of at least 4 members (excludes halogenated alkanes) is 2. The summed E-state index contributed by atoms with van der Waals surface area (Å²) in [5.41, 5.74) is 0.999. The highest BCUT2D eigenvalue weighted by Crippen LogP contribution is 2.31. The van der Waals surface area contributed by atoms with Crippen molar-refractivity contribution < 1.29 is 5.11 Å². The van der Waals surface area contributed by atoms with Gasteiger partial charge in [0.1, 0.15) is 0 Å². The Bertz CT molecular complexity index is 384. The van der Waals surface area contributed by atoms with Crippen molar-refractivity contribution in [2.24, 2.45) is 5.92 Å².